The highest BCUT2D eigenvalue weighted by molar-refractivity contribution is 6.22. The number of amides is 5. The van der Waals surface area contributed by atoms with Gasteiger partial charge in [0.05, 0.1) is 28.7 Å². The molecule has 13 nitrogen and oxygen atoms in total. The number of rotatable bonds is 5. The SMILES string of the molecule is O=C1CCN(N2C(=O)c3cc(N4CCN(CC5CCN(c6ccn7c(n6)nc6ccccc67)CC5)CC4)cc(F)c3C2=O)C(=O)N1. The van der Waals surface area contributed by atoms with Crippen LogP contribution in [0.2, 0.25) is 0 Å². The molecule has 4 aliphatic heterocycles. The summed E-state index contributed by atoms with van der Waals surface area (Å²) >= 11 is 0. The predicted molar refractivity (Wildman–Crippen MR) is 166 cm³/mol. The number of nitrogens with zero attached hydrogens (tertiary/aromatic N) is 8. The molecular formula is C32H32FN9O4. The van der Waals surface area contributed by atoms with Crippen LogP contribution in [0.5, 0.6) is 0 Å². The highest BCUT2D eigenvalue weighted by Crippen LogP contribution is 2.32. The van der Waals surface area contributed by atoms with Crippen molar-refractivity contribution in [2.45, 2.75) is 19.3 Å². The highest BCUT2D eigenvalue weighted by Gasteiger charge is 2.45. The summed E-state index contributed by atoms with van der Waals surface area (Å²) in [5, 5.41) is 3.59. The molecule has 2 aromatic carbocycles. The number of nitrogens with one attached hydrogen (secondary N) is 1. The maximum Gasteiger partial charge on any atom is 0.343 e. The molecular weight excluding hydrogens is 593 g/mol. The fourth-order valence-corrected chi connectivity index (χ4v) is 7.05. The highest BCUT2D eigenvalue weighted by atomic mass is 19.1. The summed E-state index contributed by atoms with van der Waals surface area (Å²) in [4.78, 5) is 66.3. The van der Waals surface area contributed by atoms with Crippen molar-refractivity contribution in [2.24, 2.45) is 5.92 Å². The van der Waals surface area contributed by atoms with E-state index in [4.69, 9.17) is 4.98 Å². The number of piperidine rings is 1. The Labute approximate surface area is 263 Å². The van der Waals surface area contributed by atoms with Gasteiger partial charge in [0.1, 0.15) is 11.6 Å². The molecule has 0 aliphatic carbocycles. The number of hydrogen-bond donors (Lipinski definition) is 1. The molecule has 0 bridgehead atoms. The number of carbonyl (C=O) groups is 4. The third-order valence-electron chi connectivity index (χ3n) is 9.53. The molecule has 236 valence electrons. The van der Waals surface area contributed by atoms with Crippen LogP contribution in [-0.2, 0) is 4.79 Å². The quantitative estimate of drug-likeness (QED) is 0.333. The van der Waals surface area contributed by atoms with Gasteiger partial charge in [0.15, 0.2) is 0 Å². The first-order chi connectivity index (χ1) is 22.3. The number of fused-ring (bicyclic) bond motifs is 4. The maximum absolute atomic E-state index is 15.3. The van der Waals surface area contributed by atoms with Crippen LogP contribution in [0.4, 0.5) is 20.7 Å². The van der Waals surface area contributed by atoms with Crippen molar-refractivity contribution in [3.05, 3.63) is 65.6 Å². The van der Waals surface area contributed by atoms with Crippen LogP contribution >= 0.6 is 0 Å². The lowest BCUT2D eigenvalue weighted by Crippen LogP contribution is -2.58. The molecule has 4 aliphatic rings. The van der Waals surface area contributed by atoms with E-state index in [1.54, 1.807) is 0 Å². The molecule has 4 aromatic rings. The van der Waals surface area contributed by atoms with Crippen LogP contribution in [0.1, 0.15) is 40.0 Å². The lowest BCUT2D eigenvalue weighted by Gasteiger charge is -2.40. The lowest BCUT2D eigenvalue weighted by molar-refractivity contribution is -0.122. The number of hydrazine groups is 1. The maximum atomic E-state index is 15.3. The van der Waals surface area contributed by atoms with E-state index in [9.17, 15) is 19.2 Å². The summed E-state index contributed by atoms with van der Waals surface area (Å²) in [6, 6.07) is 12.0. The van der Waals surface area contributed by atoms with Crippen molar-refractivity contribution in [2.75, 3.05) is 62.2 Å². The monoisotopic (exact) mass is 625 g/mol. The molecule has 6 heterocycles. The van der Waals surface area contributed by atoms with Gasteiger partial charge in [-0.05, 0) is 49.1 Å². The van der Waals surface area contributed by atoms with Crippen LogP contribution in [0, 0.1) is 11.7 Å². The summed E-state index contributed by atoms with van der Waals surface area (Å²) in [5.74, 6) is -0.748. The number of imidazole rings is 1. The smallest absolute Gasteiger partial charge is 0.343 e. The Balaban J connectivity index is 0.870. The van der Waals surface area contributed by atoms with E-state index in [0.29, 0.717) is 35.5 Å². The Hall–Kier alpha value is -5.11. The molecule has 0 spiro atoms. The second-order valence-electron chi connectivity index (χ2n) is 12.3. The molecule has 2 aromatic heterocycles. The van der Waals surface area contributed by atoms with Crippen LogP contribution in [0.25, 0.3) is 16.8 Å². The predicted octanol–water partition coefficient (Wildman–Crippen LogP) is 2.51. The zero-order chi connectivity index (χ0) is 31.5. The van der Waals surface area contributed by atoms with Crippen molar-refractivity contribution >= 4 is 52.1 Å². The average molecular weight is 626 g/mol. The number of halogens is 1. The topological polar surface area (TPSA) is 127 Å². The van der Waals surface area contributed by atoms with E-state index in [1.807, 2.05) is 39.8 Å². The van der Waals surface area contributed by atoms with Gasteiger partial charge in [-0.15, -0.1) is 0 Å². The minimum absolute atomic E-state index is 0.0619. The third-order valence-corrected chi connectivity index (χ3v) is 9.53. The molecule has 46 heavy (non-hydrogen) atoms. The van der Waals surface area contributed by atoms with E-state index in [0.717, 1.165) is 67.4 Å². The van der Waals surface area contributed by atoms with E-state index < -0.39 is 29.6 Å². The van der Waals surface area contributed by atoms with Crippen LogP contribution in [0.3, 0.4) is 0 Å². The zero-order valence-electron chi connectivity index (χ0n) is 25.1. The van der Waals surface area contributed by atoms with Gasteiger partial charge < -0.3 is 9.80 Å². The number of para-hydroxylation sites is 2. The largest absolute Gasteiger partial charge is 0.369 e. The van der Waals surface area contributed by atoms with Gasteiger partial charge in [-0.2, -0.15) is 9.99 Å². The van der Waals surface area contributed by atoms with Gasteiger partial charge in [-0.1, -0.05) is 12.1 Å². The number of hydrogen-bond acceptors (Lipinski definition) is 9. The van der Waals surface area contributed by atoms with Crippen LogP contribution in [0.15, 0.2) is 48.7 Å². The summed E-state index contributed by atoms with van der Waals surface area (Å²) in [6.45, 7) is 5.62. The standard InChI is InChI=1S/C32H32FN9O4/c33-23-18-21(17-22-28(23)30(45)42(29(22)44)41-12-8-27(43)36-32(41)46)38-15-13-37(14-16-38)19-20-5-9-39(10-6-20)26-7-11-40-25-4-2-1-3-24(25)34-31(40)35-26/h1-4,7,11,17-18,20H,5-6,8-10,12-16,19H2,(H,36,43,46). The summed E-state index contributed by atoms with van der Waals surface area (Å²) in [5.41, 5.74) is 2.09. The van der Waals surface area contributed by atoms with E-state index in [2.05, 4.69) is 26.2 Å². The van der Waals surface area contributed by atoms with E-state index in [-0.39, 0.29) is 24.1 Å². The Kier molecular flexibility index (Phi) is 6.82. The first-order valence-corrected chi connectivity index (χ1v) is 15.6. The van der Waals surface area contributed by atoms with Gasteiger partial charge >= 0.3 is 6.03 Å². The van der Waals surface area contributed by atoms with Crippen molar-refractivity contribution in [1.82, 2.24) is 34.6 Å². The molecule has 0 radical (unpaired) electrons. The van der Waals surface area contributed by atoms with Gasteiger partial charge in [0.2, 0.25) is 11.7 Å². The lowest BCUT2D eigenvalue weighted by atomic mass is 9.96. The molecule has 5 amide bonds. The van der Waals surface area contributed by atoms with Gasteiger partial charge in [-0.3, -0.25) is 29.0 Å². The Morgan fingerprint density at radius 2 is 1.63 bits per heavy atom. The number of carbonyl (C=O) groups excluding carboxylic acids is 4. The van der Waals surface area contributed by atoms with Crippen LogP contribution < -0.4 is 15.1 Å². The van der Waals surface area contributed by atoms with E-state index in [1.165, 1.54) is 12.1 Å². The van der Waals surface area contributed by atoms with Gasteiger partial charge in [0.25, 0.3) is 11.8 Å². The minimum atomic E-state index is -0.907. The third kappa shape index (κ3) is 4.80. The second-order valence-corrected chi connectivity index (χ2v) is 12.3. The van der Waals surface area contributed by atoms with Crippen molar-refractivity contribution < 1.29 is 23.6 Å². The van der Waals surface area contributed by atoms with Crippen molar-refractivity contribution in [3.8, 4) is 0 Å². The summed E-state index contributed by atoms with van der Waals surface area (Å²) in [7, 11) is 0. The normalized spacial score (nSPS) is 19.9. The summed E-state index contributed by atoms with van der Waals surface area (Å²) in [6.07, 6.45) is 4.11. The van der Waals surface area contributed by atoms with Gasteiger partial charge in [-0.25, -0.2) is 19.2 Å². The molecule has 8 rings (SSSR count). The molecule has 0 unspecified atom stereocenters. The molecule has 0 atom stereocenters. The second kappa shape index (κ2) is 11.1. The number of benzene rings is 2. The first kappa shape index (κ1) is 28.4. The fraction of sp³-hybridized carbons (Fsp3) is 0.375. The fourth-order valence-electron chi connectivity index (χ4n) is 7.05. The first-order valence-electron chi connectivity index (χ1n) is 15.6. The number of imide groups is 2. The zero-order valence-corrected chi connectivity index (χ0v) is 25.1. The van der Waals surface area contributed by atoms with Crippen LogP contribution in [-0.4, -0.2) is 105 Å². The Bertz CT molecular complexity index is 1910. The number of piperazine rings is 1. The summed E-state index contributed by atoms with van der Waals surface area (Å²) < 4.78 is 17.3. The number of anilines is 2. The van der Waals surface area contributed by atoms with Gasteiger partial charge in [0, 0.05) is 64.1 Å². The molecule has 14 heteroatoms. The van der Waals surface area contributed by atoms with Crippen molar-refractivity contribution in [3.63, 3.8) is 0 Å². The average Bonchev–Trinajstić information content (AvgIpc) is 3.55. The number of urea groups is 1. The minimum Gasteiger partial charge on any atom is -0.369 e. The Morgan fingerprint density at radius 1 is 0.848 bits per heavy atom. The molecule has 3 saturated heterocycles. The van der Waals surface area contributed by atoms with Crippen molar-refractivity contribution in [1.29, 1.82) is 0 Å². The van der Waals surface area contributed by atoms with E-state index >= 15 is 4.39 Å². The molecule has 3 fully saturated rings. The Morgan fingerprint density at radius 3 is 2.41 bits per heavy atom. The number of aromatic nitrogens is 3. The molecule has 0 saturated carbocycles. The molecule has 1 N–H and O–H groups in total.